The van der Waals surface area contributed by atoms with E-state index in [1.54, 1.807) is 24.0 Å². The van der Waals surface area contributed by atoms with Crippen LogP contribution in [0.1, 0.15) is 25.2 Å². The highest BCUT2D eigenvalue weighted by atomic mass is 16.5. The van der Waals surface area contributed by atoms with E-state index in [9.17, 15) is 9.59 Å². The van der Waals surface area contributed by atoms with E-state index in [1.165, 1.54) is 6.08 Å². The first-order chi connectivity index (χ1) is 13.5. The van der Waals surface area contributed by atoms with Crippen LogP contribution >= 0.6 is 0 Å². The summed E-state index contributed by atoms with van der Waals surface area (Å²) in [6.45, 7) is 8.79. The van der Waals surface area contributed by atoms with Crippen molar-refractivity contribution in [2.24, 2.45) is 0 Å². The van der Waals surface area contributed by atoms with Gasteiger partial charge in [0, 0.05) is 25.2 Å². The van der Waals surface area contributed by atoms with Gasteiger partial charge in [0.25, 0.3) is 0 Å². The number of anilines is 1. The lowest BCUT2D eigenvalue weighted by atomic mass is 10.2. The maximum absolute atomic E-state index is 12.7. The van der Waals surface area contributed by atoms with Crippen LogP contribution in [0.4, 0.5) is 5.82 Å². The molecule has 0 bridgehead atoms. The minimum absolute atomic E-state index is 0.0505. The highest BCUT2D eigenvalue weighted by Gasteiger charge is 2.17. The van der Waals surface area contributed by atoms with Crippen LogP contribution in [0.15, 0.2) is 47.0 Å². The maximum atomic E-state index is 12.7. The van der Waals surface area contributed by atoms with Crippen LogP contribution in [0.5, 0.6) is 0 Å². The van der Waals surface area contributed by atoms with Crippen molar-refractivity contribution < 1.29 is 14.1 Å². The van der Waals surface area contributed by atoms with Gasteiger partial charge in [0.15, 0.2) is 5.82 Å². The van der Waals surface area contributed by atoms with Gasteiger partial charge in [0.2, 0.25) is 11.8 Å². The Bertz CT molecular complexity index is 782. The molecule has 0 saturated carbocycles. The predicted octanol–water partition coefficient (Wildman–Crippen LogP) is 2.81. The van der Waals surface area contributed by atoms with Gasteiger partial charge in [-0.1, -0.05) is 49.3 Å². The summed E-state index contributed by atoms with van der Waals surface area (Å²) in [5.74, 6) is 0.436. The largest absolute Gasteiger partial charge is 0.360 e. The summed E-state index contributed by atoms with van der Waals surface area (Å²) in [4.78, 5) is 28.8. The second kappa shape index (κ2) is 11.0. The molecule has 2 rings (SSSR count). The second-order valence-electron chi connectivity index (χ2n) is 6.40. The van der Waals surface area contributed by atoms with Gasteiger partial charge in [0.1, 0.15) is 12.3 Å². The number of benzene rings is 1. The van der Waals surface area contributed by atoms with Crippen molar-refractivity contribution in [1.29, 1.82) is 0 Å². The van der Waals surface area contributed by atoms with Crippen molar-refractivity contribution in [3.05, 3.63) is 53.8 Å². The zero-order valence-corrected chi connectivity index (χ0v) is 16.7. The molecule has 2 aromatic rings. The van der Waals surface area contributed by atoms with Crippen LogP contribution in [0.3, 0.4) is 0 Å². The van der Waals surface area contributed by atoms with E-state index in [2.05, 4.69) is 29.2 Å². The molecule has 0 aliphatic rings. The number of amides is 2. The molecule has 0 saturated heterocycles. The minimum atomic E-state index is -0.311. The van der Waals surface area contributed by atoms with Crippen LogP contribution < -0.4 is 5.32 Å². The number of carbonyl (C=O) groups excluding carboxylic acids is 2. The highest BCUT2D eigenvalue weighted by Crippen LogP contribution is 2.07. The third-order valence-electron chi connectivity index (χ3n) is 4.34. The maximum Gasteiger partial charge on any atom is 0.247 e. The number of hydrogen-bond donors (Lipinski definition) is 1. The summed E-state index contributed by atoms with van der Waals surface area (Å²) < 4.78 is 4.95. The average molecular weight is 384 g/mol. The SMILES string of the molecule is CCN(CC)CCN(CC(=O)Nc1cc(C)on1)C(=O)C=Cc1ccccc1. The van der Waals surface area contributed by atoms with Crippen LogP contribution in [-0.2, 0) is 9.59 Å². The molecule has 7 heteroatoms. The molecule has 1 aromatic heterocycles. The number of rotatable bonds is 10. The molecule has 0 unspecified atom stereocenters. The lowest BCUT2D eigenvalue weighted by Gasteiger charge is -2.25. The molecule has 0 atom stereocenters. The monoisotopic (exact) mass is 384 g/mol. The molecule has 2 amide bonds. The third-order valence-corrected chi connectivity index (χ3v) is 4.34. The standard InChI is InChI=1S/C21H28N4O3/c1-4-24(5-2)13-14-25(16-20(26)22-19-15-17(3)28-23-19)21(27)12-11-18-9-7-6-8-10-18/h6-12,15H,4-5,13-14,16H2,1-3H3,(H,22,23,26). The number of hydrogen-bond acceptors (Lipinski definition) is 5. The van der Waals surface area contributed by atoms with Crippen molar-refractivity contribution in [2.75, 3.05) is 38.0 Å². The summed E-state index contributed by atoms with van der Waals surface area (Å²) >= 11 is 0. The van der Waals surface area contributed by atoms with Gasteiger partial charge in [0.05, 0.1) is 0 Å². The van der Waals surface area contributed by atoms with Crippen LogP contribution in [0.25, 0.3) is 6.08 Å². The Morgan fingerprint density at radius 3 is 2.46 bits per heavy atom. The summed E-state index contributed by atoms with van der Waals surface area (Å²) in [7, 11) is 0. The fourth-order valence-electron chi connectivity index (χ4n) is 2.69. The predicted molar refractivity (Wildman–Crippen MR) is 110 cm³/mol. The van der Waals surface area contributed by atoms with E-state index < -0.39 is 0 Å². The smallest absolute Gasteiger partial charge is 0.247 e. The van der Waals surface area contributed by atoms with E-state index >= 15 is 0 Å². The fourth-order valence-corrected chi connectivity index (χ4v) is 2.69. The molecule has 1 heterocycles. The first-order valence-corrected chi connectivity index (χ1v) is 9.49. The Balaban J connectivity index is 2.03. The molecule has 28 heavy (non-hydrogen) atoms. The zero-order valence-electron chi connectivity index (χ0n) is 16.7. The molecular formula is C21H28N4O3. The van der Waals surface area contributed by atoms with Crippen molar-refractivity contribution in [2.45, 2.75) is 20.8 Å². The fraction of sp³-hybridized carbons (Fsp3) is 0.381. The van der Waals surface area contributed by atoms with Crippen molar-refractivity contribution in [3.63, 3.8) is 0 Å². The average Bonchev–Trinajstić information content (AvgIpc) is 3.11. The Morgan fingerprint density at radius 2 is 1.86 bits per heavy atom. The second-order valence-corrected chi connectivity index (χ2v) is 6.40. The van der Waals surface area contributed by atoms with Gasteiger partial charge in [-0.2, -0.15) is 0 Å². The molecule has 0 spiro atoms. The summed E-state index contributed by atoms with van der Waals surface area (Å²) in [5, 5.41) is 6.41. The van der Waals surface area contributed by atoms with Crippen molar-refractivity contribution in [1.82, 2.24) is 15.0 Å². The molecular weight excluding hydrogens is 356 g/mol. The summed E-state index contributed by atoms with van der Waals surface area (Å²) in [6, 6.07) is 11.2. The quantitative estimate of drug-likeness (QED) is 0.637. The van der Waals surface area contributed by atoms with E-state index in [1.807, 2.05) is 30.3 Å². The lowest BCUT2D eigenvalue weighted by molar-refractivity contribution is -0.130. The first-order valence-electron chi connectivity index (χ1n) is 9.49. The Hall–Kier alpha value is -2.93. The number of nitrogens with one attached hydrogen (secondary N) is 1. The van der Waals surface area contributed by atoms with E-state index in [4.69, 9.17) is 4.52 Å². The lowest BCUT2D eigenvalue weighted by Crippen LogP contribution is -2.42. The molecule has 7 nitrogen and oxygen atoms in total. The minimum Gasteiger partial charge on any atom is -0.360 e. The van der Waals surface area contributed by atoms with E-state index in [0.717, 1.165) is 18.7 Å². The van der Waals surface area contributed by atoms with Gasteiger partial charge in [-0.25, -0.2) is 0 Å². The van der Waals surface area contributed by atoms with Crippen LogP contribution in [0, 0.1) is 6.92 Å². The highest BCUT2D eigenvalue weighted by molar-refractivity contribution is 5.97. The molecule has 1 aromatic carbocycles. The topological polar surface area (TPSA) is 78.7 Å². The zero-order chi connectivity index (χ0) is 20.4. The number of likely N-dealkylation sites (N-methyl/N-ethyl adjacent to an activating group) is 1. The number of nitrogens with zero attached hydrogens (tertiary/aromatic N) is 3. The van der Waals surface area contributed by atoms with Crippen molar-refractivity contribution >= 4 is 23.7 Å². The van der Waals surface area contributed by atoms with Gasteiger partial charge < -0.3 is 19.6 Å². The van der Waals surface area contributed by atoms with Crippen molar-refractivity contribution in [3.8, 4) is 0 Å². The van der Waals surface area contributed by atoms with Gasteiger partial charge in [-0.05, 0) is 31.7 Å². The van der Waals surface area contributed by atoms with Gasteiger partial charge in [-0.15, -0.1) is 0 Å². The molecule has 0 fully saturated rings. The van der Waals surface area contributed by atoms with Gasteiger partial charge in [-0.3, -0.25) is 9.59 Å². The van der Waals surface area contributed by atoms with Gasteiger partial charge >= 0.3 is 0 Å². The third kappa shape index (κ3) is 7.00. The normalized spacial score (nSPS) is 11.1. The molecule has 0 aliphatic heterocycles. The Kier molecular flexibility index (Phi) is 8.42. The first kappa shape index (κ1) is 21.4. The number of aryl methyl sites for hydroxylation is 1. The Morgan fingerprint density at radius 1 is 1.14 bits per heavy atom. The summed E-state index contributed by atoms with van der Waals surface area (Å²) in [6.07, 6.45) is 3.26. The Labute approximate surface area is 166 Å². The van der Waals surface area contributed by atoms with Crippen LogP contribution in [-0.4, -0.2) is 59.5 Å². The molecule has 0 radical (unpaired) electrons. The van der Waals surface area contributed by atoms with E-state index in [0.29, 0.717) is 24.7 Å². The number of carbonyl (C=O) groups is 2. The molecule has 150 valence electrons. The number of aromatic nitrogens is 1. The summed E-state index contributed by atoms with van der Waals surface area (Å²) in [5.41, 5.74) is 0.932. The van der Waals surface area contributed by atoms with E-state index in [-0.39, 0.29) is 18.4 Å². The molecule has 0 aliphatic carbocycles. The van der Waals surface area contributed by atoms with Crippen LogP contribution in [0.2, 0.25) is 0 Å². The molecule has 1 N–H and O–H groups in total.